The predicted molar refractivity (Wildman–Crippen MR) is 119 cm³/mol. The second kappa shape index (κ2) is 15.7. The molecule has 0 bridgehead atoms. The van der Waals surface area contributed by atoms with E-state index < -0.39 is 0 Å². The Bertz CT molecular complexity index is 763. The summed E-state index contributed by atoms with van der Waals surface area (Å²) >= 11 is 2.28. The Labute approximate surface area is 207 Å². The first-order valence-corrected chi connectivity index (χ1v) is 11.1. The largest absolute Gasteiger partial charge is 1.00 e. The van der Waals surface area contributed by atoms with Crippen LogP contribution in [-0.2, 0) is 26.4 Å². The average molecular weight is 475 g/mol. The minimum atomic E-state index is 0. The third-order valence-electron chi connectivity index (χ3n) is 4.48. The van der Waals surface area contributed by atoms with E-state index in [2.05, 4.69) is 90.1 Å². The van der Waals surface area contributed by atoms with Crippen molar-refractivity contribution in [2.45, 2.75) is 47.0 Å². The van der Waals surface area contributed by atoms with Crippen molar-refractivity contribution in [2.24, 2.45) is 11.8 Å². The van der Waals surface area contributed by atoms with Gasteiger partial charge in [0, 0.05) is 0 Å². The summed E-state index contributed by atoms with van der Waals surface area (Å²) in [4.78, 5) is 0. The zero-order valence-electron chi connectivity index (χ0n) is 18.5. The third kappa shape index (κ3) is 10.3. The first-order valence-electron chi connectivity index (χ1n) is 10.3. The molecule has 0 nitrogen and oxygen atoms in total. The van der Waals surface area contributed by atoms with Gasteiger partial charge >= 0.3 is 76.2 Å². The first-order chi connectivity index (χ1) is 13.5. The molecule has 0 unspecified atom stereocenters. The van der Waals surface area contributed by atoms with E-state index in [9.17, 15) is 0 Å². The number of hydrogen-bond donors (Lipinski definition) is 0. The molecule has 0 atom stereocenters. The number of halogens is 2. The zero-order valence-corrected chi connectivity index (χ0v) is 21.5. The summed E-state index contributed by atoms with van der Waals surface area (Å²) in [7, 11) is 0. The summed E-state index contributed by atoms with van der Waals surface area (Å²) in [6, 6.07) is 28.1. The molecule has 0 radical (unpaired) electrons. The molecule has 0 saturated heterocycles. The fourth-order valence-corrected chi connectivity index (χ4v) is 4.66. The topological polar surface area (TPSA) is 0 Å². The van der Waals surface area contributed by atoms with Gasteiger partial charge in [0.25, 0.3) is 0 Å². The maximum absolute atomic E-state index is 3.30. The molecule has 3 heteroatoms. The van der Waals surface area contributed by atoms with Crippen molar-refractivity contribution in [1.29, 1.82) is 0 Å². The van der Waals surface area contributed by atoms with Crippen LogP contribution >= 0.6 is 0 Å². The van der Waals surface area contributed by atoms with Crippen molar-refractivity contribution in [3.8, 4) is 11.1 Å². The van der Waals surface area contributed by atoms with Gasteiger partial charge in [-0.25, -0.2) is 12.1 Å². The fraction of sp³-hybridized carbons (Fsp3) is 0.333. The Kier molecular flexibility index (Phi) is 15.2. The van der Waals surface area contributed by atoms with E-state index in [4.69, 9.17) is 0 Å². The van der Waals surface area contributed by atoms with Crippen LogP contribution in [0.5, 0.6) is 0 Å². The molecule has 30 heavy (non-hydrogen) atoms. The molecule has 0 aromatic heterocycles. The van der Waals surface area contributed by atoms with Crippen LogP contribution < -0.4 is 24.8 Å². The summed E-state index contributed by atoms with van der Waals surface area (Å²) in [5.74, 6) is 1.66. The van der Waals surface area contributed by atoms with Crippen molar-refractivity contribution < 1.29 is 44.8 Å². The first kappa shape index (κ1) is 29.0. The van der Waals surface area contributed by atoms with Crippen LogP contribution in [0, 0.1) is 17.9 Å². The SMILES string of the molecule is CC(C)C[C](=[Ti+2])CC(C)C.[Cl-].[Cl-].[c-]1cccc2c1Cc1ccccc1-2.c1cc[cH-]c1. The minimum absolute atomic E-state index is 0. The summed E-state index contributed by atoms with van der Waals surface area (Å²) in [5.41, 5.74) is 5.51. The van der Waals surface area contributed by atoms with E-state index in [1.807, 2.05) is 36.4 Å². The molecule has 0 spiro atoms. The van der Waals surface area contributed by atoms with Gasteiger partial charge in [0.05, 0.1) is 0 Å². The number of rotatable bonds is 4. The van der Waals surface area contributed by atoms with Gasteiger partial charge in [-0.15, -0.1) is 5.56 Å². The van der Waals surface area contributed by atoms with Crippen LogP contribution in [-0.4, -0.2) is 3.81 Å². The molecule has 4 rings (SSSR count). The standard InChI is InChI=1S/C13H9.C9H18.C5H5.2ClH.Ti/c1-3-7-12-10(5-1)9-11-6-2-4-8-13(11)12;1-8(2)6-5-7-9(3)4;1-2-4-5-3-1;;;/h1-5,7-8H,9H2;8-9H,6-7H2,1-4H3;1-5H;2*1H;/q-1;;-1;;;+2/p-2. The number of fused-ring (bicyclic) bond motifs is 3. The molecule has 1 aliphatic carbocycles. The maximum Gasteiger partial charge on any atom is -0.0253 e. The predicted octanol–water partition coefficient (Wildman–Crippen LogP) is 1.27. The number of hydrogen-bond acceptors (Lipinski definition) is 0. The smallest absolute Gasteiger partial charge is 0.0253 e. The summed E-state index contributed by atoms with van der Waals surface area (Å²) in [6.45, 7) is 9.13. The quantitative estimate of drug-likeness (QED) is 0.308. The van der Waals surface area contributed by atoms with E-state index in [-0.39, 0.29) is 24.8 Å². The normalized spacial score (nSPS) is 10.4. The monoisotopic (exact) mass is 474 g/mol. The van der Waals surface area contributed by atoms with E-state index in [1.54, 1.807) is 3.81 Å². The van der Waals surface area contributed by atoms with Gasteiger partial charge in [-0.2, -0.15) is 48.0 Å². The number of benzene rings is 2. The Hall–Kier alpha value is -1.05. The fourth-order valence-electron chi connectivity index (χ4n) is 3.39. The maximum atomic E-state index is 3.30. The zero-order chi connectivity index (χ0) is 20.4. The molecule has 1 aliphatic rings. The Balaban J connectivity index is 0.000000444. The molecule has 3 aromatic rings. The molecule has 0 saturated carbocycles. The van der Waals surface area contributed by atoms with Gasteiger partial charge in [0.15, 0.2) is 0 Å². The van der Waals surface area contributed by atoms with Crippen molar-refractivity contribution in [3.63, 3.8) is 0 Å². The molecule has 0 heterocycles. The van der Waals surface area contributed by atoms with Crippen LogP contribution in [0.2, 0.25) is 0 Å². The van der Waals surface area contributed by atoms with Crippen molar-refractivity contribution in [2.75, 3.05) is 0 Å². The van der Waals surface area contributed by atoms with Gasteiger partial charge in [-0.1, -0.05) is 35.4 Å². The van der Waals surface area contributed by atoms with E-state index in [0.29, 0.717) is 0 Å². The van der Waals surface area contributed by atoms with E-state index >= 15 is 0 Å². The second-order valence-electron chi connectivity index (χ2n) is 8.16. The molecular formula is C27H32Cl2Ti-2. The molecule has 3 aromatic carbocycles. The Morgan fingerprint density at radius 1 is 0.867 bits per heavy atom. The molecule has 0 aliphatic heterocycles. The van der Waals surface area contributed by atoms with Gasteiger partial charge < -0.3 is 24.8 Å². The minimum Gasteiger partial charge on any atom is -1.00 e. The van der Waals surface area contributed by atoms with Gasteiger partial charge in [0.2, 0.25) is 0 Å². The van der Waals surface area contributed by atoms with Crippen molar-refractivity contribution >= 4 is 3.81 Å². The molecular weight excluding hydrogens is 443 g/mol. The van der Waals surface area contributed by atoms with E-state index in [0.717, 1.165) is 18.3 Å². The molecule has 0 fully saturated rings. The van der Waals surface area contributed by atoms with Crippen molar-refractivity contribution in [1.82, 2.24) is 0 Å². The van der Waals surface area contributed by atoms with Gasteiger partial charge in [-0.3, -0.25) is 0 Å². The van der Waals surface area contributed by atoms with Gasteiger partial charge in [-0.05, 0) is 6.42 Å². The Morgan fingerprint density at radius 2 is 1.43 bits per heavy atom. The third-order valence-corrected chi connectivity index (χ3v) is 5.12. The van der Waals surface area contributed by atoms with E-state index in [1.165, 1.54) is 35.1 Å². The molecule has 0 amide bonds. The van der Waals surface area contributed by atoms with Crippen molar-refractivity contribution in [3.05, 3.63) is 90.0 Å². The summed E-state index contributed by atoms with van der Waals surface area (Å²) < 4.78 is 1.66. The van der Waals surface area contributed by atoms with Gasteiger partial charge in [0.1, 0.15) is 0 Å². The van der Waals surface area contributed by atoms with Crippen LogP contribution in [0.4, 0.5) is 0 Å². The van der Waals surface area contributed by atoms with Crippen LogP contribution in [0.15, 0.2) is 72.8 Å². The van der Waals surface area contributed by atoms with Crippen LogP contribution in [0.1, 0.15) is 51.7 Å². The second-order valence-corrected chi connectivity index (χ2v) is 9.26. The summed E-state index contributed by atoms with van der Waals surface area (Å²) in [6.07, 6.45) is 3.66. The molecule has 160 valence electrons. The molecule has 0 N–H and O–H groups in total. The summed E-state index contributed by atoms with van der Waals surface area (Å²) in [5, 5.41) is 0. The average Bonchev–Trinajstić information content (AvgIpc) is 3.32. The van der Waals surface area contributed by atoms with Crippen LogP contribution in [0.25, 0.3) is 11.1 Å². The van der Waals surface area contributed by atoms with Crippen LogP contribution in [0.3, 0.4) is 0 Å². The Morgan fingerprint density at radius 3 is 1.97 bits per heavy atom.